The Balaban J connectivity index is 1.70. The number of nitrogens with zero attached hydrogens (tertiary/aromatic N) is 3. The van der Waals surface area contributed by atoms with Gasteiger partial charge in [-0.05, 0) is 32.0 Å². The van der Waals surface area contributed by atoms with Crippen LogP contribution in [0.25, 0.3) is 0 Å². The molecule has 2 aromatic rings. The van der Waals surface area contributed by atoms with Gasteiger partial charge in [0.1, 0.15) is 18.2 Å². The first-order valence-electron chi connectivity index (χ1n) is 8.07. The SMILES string of the molecule is COCC(=O)N[C@@H]1CN(Cc2ccco2)CC[C@@H]1c1n[nH]c(C)n1. The third-order valence-corrected chi connectivity index (χ3v) is 4.22. The number of piperidine rings is 1. The van der Waals surface area contributed by atoms with Gasteiger partial charge < -0.3 is 14.5 Å². The van der Waals surface area contributed by atoms with Crippen molar-refractivity contribution in [2.45, 2.75) is 31.8 Å². The summed E-state index contributed by atoms with van der Waals surface area (Å²) in [7, 11) is 1.51. The number of hydrogen-bond acceptors (Lipinski definition) is 6. The van der Waals surface area contributed by atoms with E-state index in [0.717, 1.165) is 36.9 Å². The molecule has 2 N–H and O–H groups in total. The zero-order chi connectivity index (χ0) is 16.9. The molecule has 0 bridgehead atoms. The smallest absolute Gasteiger partial charge is 0.246 e. The van der Waals surface area contributed by atoms with Crippen LogP contribution in [0.1, 0.15) is 29.7 Å². The van der Waals surface area contributed by atoms with Crippen molar-refractivity contribution in [1.29, 1.82) is 0 Å². The second-order valence-electron chi connectivity index (χ2n) is 6.10. The average Bonchev–Trinajstić information content (AvgIpc) is 3.20. The molecule has 130 valence electrons. The summed E-state index contributed by atoms with van der Waals surface area (Å²) in [6, 6.07) is 3.78. The van der Waals surface area contributed by atoms with E-state index in [0.29, 0.717) is 6.54 Å². The largest absolute Gasteiger partial charge is 0.468 e. The summed E-state index contributed by atoms with van der Waals surface area (Å²) in [6.45, 7) is 4.27. The number of furan rings is 1. The molecule has 0 saturated carbocycles. The zero-order valence-electron chi connectivity index (χ0n) is 14.0. The molecule has 0 radical (unpaired) electrons. The van der Waals surface area contributed by atoms with Crippen LogP contribution in [0.2, 0.25) is 0 Å². The first-order valence-corrected chi connectivity index (χ1v) is 8.07. The highest BCUT2D eigenvalue weighted by Crippen LogP contribution is 2.27. The Morgan fingerprint density at radius 1 is 1.58 bits per heavy atom. The van der Waals surface area contributed by atoms with Crippen LogP contribution in [-0.2, 0) is 16.1 Å². The highest BCUT2D eigenvalue weighted by atomic mass is 16.5. The lowest BCUT2D eigenvalue weighted by Crippen LogP contribution is -2.52. The lowest BCUT2D eigenvalue weighted by molar-refractivity contribution is -0.126. The first kappa shape index (κ1) is 16.7. The van der Waals surface area contributed by atoms with Crippen LogP contribution in [0.15, 0.2) is 22.8 Å². The van der Waals surface area contributed by atoms with Crippen molar-refractivity contribution in [1.82, 2.24) is 25.4 Å². The van der Waals surface area contributed by atoms with Crippen molar-refractivity contribution in [3.05, 3.63) is 35.8 Å². The van der Waals surface area contributed by atoms with Crippen LogP contribution in [-0.4, -0.2) is 58.8 Å². The minimum absolute atomic E-state index is 0.0500. The molecular formula is C16H23N5O3. The number of aromatic nitrogens is 3. The Bertz CT molecular complexity index is 654. The van der Waals surface area contributed by atoms with Gasteiger partial charge in [-0.2, -0.15) is 5.10 Å². The minimum Gasteiger partial charge on any atom is -0.468 e. The number of aryl methyl sites for hydroxylation is 1. The summed E-state index contributed by atoms with van der Waals surface area (Å²) in [5, 5.41) is 10.2. The molecule has 3 heterocycles. The van der Waals surface area contributed by atoms with E-state index in [4.69, 9.17) is 9.15 Å². The van der Waals surface area contributed by atoms with Crippen molar-refractivity contribution in [2.75, 3.05) is 26.8 Å². The number of rotatable bonds is 6. The van der Waals surface area contributed by atoms with E-state index in [1.54, 1.807) is 6.26 Å². The summed E-state index contributed by atoms with van der Waals surface area (Å²) >= 11 is 0. The molecule has 1 aliphatic rings. The highest BCUT2D eigenvalue weighted by molar-refractivity contribution is 5.77. The van der Waals surface area contributed by atoms with E-state index in [-0.39, 0.29) is 24.5 Å². The van der Waals surface area contributed by atoms with Crippen LogP contribution >= 0.6 is 0 Å². The molecule has 0 aliphatic carbocycles. The number of amides is 1. The Kier molecular flexibility index (Phi) is 5.27. The maximum Gasteiger partial charge on any atom is 0.246 e. The van der Waals surface area contributed by atoms with E-state index < -0.39 is 0 Å². The van der Waals surface area contributed by atoms with Gasteiger partial charge in [0.05, 0.1) is 18.8 Å². The monoisotopic (exact) mass is 333 g/mol. The van der Waals surface area contributed by atoms with Crippen molar-refractivity contribution >= 4 is 5.91 Å². The standard InChI is InChI=1S/C16H23N5O3/c1-11-17-16(20-19-11)13-5-6-21(8-12-4-3-7-24-12)9-14(13)18-15(22)10-23-2/h3-4,7,13-14H,5-6,8-10H2,1-2H3,(H,18,22)(H,17,19,20)/t13-,14+/m0/s1. The number of ether oxygens (including phenoxy) is 1. The van der Waals surface area contributed by atoms with Crippen molar-refractivity contribution in [3.63, 3.8) is 0 Å². The van der Waals surface area contributed by atoms with E-state index in [2.05, 4.69) is 25.4 Å². The van der Waals surface area contributed by atoms with Crippen molar-refractivity contribution < 1.29 is 13.9 Å². The van der Waals surface area contributed by atoms with Gasteiger partial charge >= 0.3 is 0 Å². The van der Waals surface area contributed by atoms with Crippen molar-refractivity contribution in [2.24, 2.45) is 0 Å². The second kappa shape index (κ2) is 7.59. The molecule has 8 nitrogen and oxygen atoms in total. The van der Waals surface area contributed by atoms with Crippen LogP contribution in [0, 0.1) is 6.92 Å². The van der Waals surface area contributed by atoms with Gasteiger partial charge in [-0.3, -0.25) is 14.8 Å². The van der Waals surface area contributed by atoms with Gasteiger partial charge in [0, 0.05) is 19.6 Å². The fourth-order valence-corrected chi connectivity index (χ4v) is 3.15. The number of methoxy groups -OCH3 is 1. The van der Waals surface area contributed by atoms with Gasteiger partial charge in [0.25, 0.3) is 0 Å². The number of H-pyrrole nitrogens is 1. The summed E-state index contributed by atoms with van der Waals surface area (Å²) in [5.41, 5.74) is 0. The molecular weight excluding hydrogens is 310 g/mol. The molecule has 2 aromatic heterocycles. The summed E-state index contributed by atoms with van der Waals surface area (Å²) in [6.07, 6.45) is 2.55. The minimum atomic E-state index is -0.125. The molecule has 0 spiro atoms. The normalized spacial score (nSPS) is 21.8. The van der Waals surface area contributed by atoms with Gasteiger partial charge in [-0.1, -0.05) is 0 Å². The van der Waals surface area contributed by atoms with Gasteiger partial charge in [0.15, 0.2) is 5.82 Å². The number of carbonyl (C=O) groups is 1. The third kappa shape index (κ3) is 4.01. The number of carbonyl (C=O) groups excluding carboxylic acids is 1. The zero-order valence-corrected chi connectivity index (χ0v) is 14.0. The molecule has 1 aliphatic heterocycles. The van der Waals surface area contributed by atoms with E-state index in [1.807, 2.05) is 19.1 Å². The fourth-order valence-electron chi connectivity index (χ4n) is 3.15. The van der Waals surface area contributed by atoms with E-state index in [1.165, 1.54) is 7.11 Å². The molecule has 24 heavy (non-hydrogen) atoms. The second-order valence-corrected chi connectivity index (χ2v) is 6.10. The summed E-state index contributed by atoms with van der Waals surface area (Å²) in [5.74, 6) is 2.42. The molecule has 3 rings (SSSR count). The number of likely N-dealkylation sites (tertiary alicyclic amines) is 1. The van der Waals surface area contributed by atoms with Gasteiger partial charge in [-0.15, -0.1) is 0 Å². The molecule has 1 fully saturated rings. The Morgan fingerprint density at radius 3 is 3.12 bits per heavy atom. The molecule has 0 aromatic carbocycles. The maximum atomic E-state index is 12.0. The van der Waals surface area contributed by atoms with Crippen LogP contribution in [0.3, 0.4) is 0 Å². The quantitative estimate of drug-likeness (QED) is 0.813. The Hall–Kier alpha value is -2.19. The first-order chi connectivity index (χ1) is 11.7. The van der Waals surface area contributed by atoms with Gasteiger partial charge in [-0.25, -0.2) is 4.98 Å². The van der Waals surface area contributed by atoms with E-state index >= 15 is 0 Å². The predicted molar refractivity (Wildman–Crippen MR) is 86.3 cm³/mol. The fraction of sp³-hybridized carbons (Fsp3) is 0.562. The Morgan fingerprint density at radius 2 is 2.46 bits per heavy atom. The molecule has 1 amide bonds. The van der Waals surface area contributed by atoms with Crippen LogP contribution in [0.4, 0.5) is 0 Å². The third-order valence-electron chi connectivity index (χ3n) is 4.22. The lowest BCUT2D eigenvalue weighted by Gasteiger charge is -2.37. The molecule has 0 unspecified atom stereocenters. The topological polar surface area (TPSA) is 96.3 Å². The summed E-state index contributed by atoms with van der Waals surface area (Å²) in [4.78, 5) is 18.7. The van der Waals surface area contributed by atoms with Crippen LogP contribution in [0.5, 0.6) is 0 Å². The van der Waals surface area contributed by atoms with Crippen molar-refractivity contribution in [3.8, 4) is 0 Å². The van der Waals surface area contributed by atoms with E-state index in [9.17, 15) is 4.79 Å². The number of hydrogen-bond donors (Lipinski definition) is 2. The maximum absolute atomic E-state index is 12.0. The lowest BCUT2D eigenvalue weighted by atomic mass is 9.90. The average molecular weight is 333 g/mol. The Labute approximate surface area is 140 Å². The molecule has 2 atom stereocenters. The van der Waals surface area contributed by atoms with Gasteiger partial charge in [0.2, 0.25) is 5.91 Å². The number of aromatic amines is 1. The highest BCUT2D eigenvalue weighted by Gasteiger charge is 2.34. The number of nitrogens with one attached hydrogen (secondary N) is 2. The molecule has 8 heteroatoms. The predicted octanol–water partition coefficient (Wildman–Crippen LogP) is 0.827. The van der Waals surface area contributed by atoms with Crippen LogP contribution < -0.4 is 5.32 Å². The summed E-state index contributed by atoms with van der Waals surface area (Å²) < 4.78 is 10.4. The molecule has 1 saturated heterocycles.